The summed E-state index contributed by atoms with van der Waals surface area (Å²) < 4.78 is 5.75. The van der Waals surface area contributed by atoms with E-state index in [1.807, 2.05) is 18.2 Å². The lowest BCUT2D eigenvalue weighted by Crippen LogP contribution is -2.49. The number of carbonyl (C=O) groups is 1. The van der Waals surface area contributed by atoms with Gasteiger partial charge >= 0.3 is 0 Å². The fourth-order valence-corrected chi connectivity index (χ4v) is 2.49. The van der Waals surface area contributed by atoms with E-state index in [4.69, 9.17) is 10.00 Å². The van der Waals surface area contributed by atoms with Gasteiger partial charge in [0.05, 0.1) is 18.8 Å². The molecule has 0 N–H and O–H groups in total. The van der Waals surface area contributed by atoms with Crippen molar-refractivity contribution in [3.05, 3.63) is 35.9 Å². The lowest BCUT2D eigenvalue weighted by molar-refractivity contribution is -0.145. The molecule has 0 aromatic heterocycles. The molecule has 1 heterocycles. The number of hydrogen-bond acceptors (Lipinski definition) is 3. The SMILES string of the molecule is CC(C)(C#N)C(=O)N1CCOC(CCc2ccccc2)C1. The summed E-state index contributed by atoms with van der Waals surface area (Å²) in [7, 11) is 0. The molecule has 4 heteroatoms. The summed E-state index contributed by atoms with van der Waals surface area (Å²) >= 11 is 0. The van der Waals surface area contributed by atoms with E-state index in [1.165, 1.54) is 5.56 Å². The molecular formula is C17H22N2O2. The Kier molecular flexibility index (Phi) is 4.98. The number of aryl methyl sites for hydroxylation is 1. The van der Waals surface area contributed by atoms with Crippen LogP contribution in [0, 0.1) is 16.7 Å². The number of amides is 1. The zero-order chi connectivity index (χ0) is 15.3. The summed E-state index contributed by atoms with van der Waals surface area (Å²) in [4.78, 5) is 14.1. The summed E-state index contributed by atoms with van der Waals surface area (Å²) in [5.74, 6) is -0.0991. The van der Waals surface area contributed by atoms with Crippen LogP contribution in [-0.4, -0.2) is 36.6 Å². The van der Waals surface area contributed by atoms with Gasteiger partial charge in [-0.3, -0.25) is 4.79 Å². The minimum absolute atomic E-state index is 0.0531. The highest BCUT2D eigenvalue weighted by atomic mass is 16.5. The van der Waals surface area contributed by atoms with Crippen LogP contribution >= 0.6 is 0 Å². The minimum atomic E-state index is -0.957. The number of benzene rings is 1. The molecule has 0 radical (unpaired) electrons. The van der Waals surface area contributed by atoms with E-state index in [1.54, 1.807) is 18.7 Å². The first-order valence-corrected chi connectivity index (χ1v) is 7.39. The first-order chi connectivity index (χ1) is 10.0. The molecule has 1 amide bonds. The second-order valence-corrected chi connectivity index (χ2v) is 6.01. The number of hydrogen-bond donors (Lipinski definition) is 0. The van der Waals surface area contributed by atoms with Crippen molar-refractivity contribution in [1.82, 2.24) is 4.90 Å². The fourth-order valence-electron chi connectivity index (χ4n) is 2.49. The number of nitrogens with zero attached hydrogens (tertiary/aromatic N) is 2. The molecule has 1 aromatic carbocycles. The summed E-state index contributed by atoms with van der Waals surface area (Å²) in [6.07, 6.45) is 1.88. The van der Waals surface area contributed by atoms with Crippen LogP contribution in [0.5, 0.6) is 0 Å². The Bertz CT molecular complexity index is 519. The first kappa shape index (κ1) is 15.5. The van der Waals surface area contributed by atoms with Crippen molar-refractivity contribution in [2.24, 2.45) is 5.41 Å². The number of carbonyl (C=O) groups excluding carboxylic acids is 1. The third-order valence-corrected chi connectivity index (χ3v) is 3.84. The highest BCUT2D eigenvalue weighted by Crippen LogP contribution is 2.21. The lowest BCUT2D eigenvalue weighted by Gasteiger charge is -2.35. The Morgan fingerprint density at radius 2 is 2.14 bits per heavy atom. The average molecular weight is 286 g/mol. The van der Waals surface area contributed by atoms with E-state index in [9.17, 15) is 4.79 Å². The zero-order valence-electron chi connectivity index (χ0n) is 12.7. The normalized spacial score (nSPS) is 19.1. The molecule has 1 unspecified atom stereocenters. The van der Waals surface area contributed by atoms with Gasteiger partial charge in [-0.15, -0.1) is 0 Å². The van der Waals surface area contributed by atoms with Crippen LogP contribution in [0.2, 0.25) is 0 Å². The highest BCUT2D eigenvalue weighted by Gasteiger charge is 2.34. The van der Waals surface area contributed by atoms with E-state index in [-0.39, 0.29) is 12.0 Å². The topological polar surface area (TPSA) is 53.3 Å². The quantitative estimate of drug-likeness (QED) is 0.854. The van der Waals surface area contributed by atoms with Crippen LogP contribution in [0.4, 0.5) is 0 Å². The van der Waals surface area contributed by atoms with Crippen molar-refractivity contribution in [2.75, 3.05) is 19.7 Å². The smallest absolute Gasteiger partial charge is 0.242 e. The van der Waals surface area contributed by atoms with E-state index in [0.717, 1.165) is 12.8 Å². The van der Waals surface area contributed by atoms with Crippen molar-refractivity contribution < 1.29 is 9.53 Å². The van der Waals surface area contributed by atoms with Crippen molar-refractivity contribution in [3.8, 4) is 6.07 Å². The Morgan fingerprint density at radius 3 is 2.81 bits per heavy atom. The van der Waals surface area contributed by atoms with Crippen molar-refractivity contribution in [3.63, 3.8) is 0 Å². The van der Waals surface area contributed by atoms with Crippen molar-refractivity contribution in [2.45, 2.75) is 32.8 Å². The molecule has 0 spiro atoms. The van der Waals surface area contributed by atoms with Gasteiger partial charge in [-0.25, -0.2) is 0 Å². The maximum Gasteiger partial charge on any atom is 0.242 e. The monoisotopic (exact) mass is 286 g/mol. The van der Waals surface area contributed by atoms with Crippen molar-refractivity contribution in [1.29, 1.82) is 5.26 Å². The van der Waals surface area contributed by atoms with Gasteiger partial charge in [-0.1, -0.05) is 30.3 Å². The van der Waals surface area contributed by atoms with Gasteiger partial charge in [0.2, 0.25) is 5.91 Å². The third kappa shape index (κ3) is 4.05. The molecule has 1 aliphatic rings. The van der Waals surface area contributed by atoms with Crippen molar-refractivity contribution >= 4 is 5.91 Å². The van der Waals surface area contributed by atoms with Crippen LogP contribution in [0.1, 0.15) is 25.8 Å². The molecule has 0 aliphatic carbocycles. The molecule has 1 aliphatic heterocycles. The predicted molar refractivity (Wildman–Crippen MR) is 80.5 cm³/mol. The van der Waals surface area contributed by atoms with E-state index >= 15 is 0 Å². The van der Waals surface area contributed by atoms with Crippen LogP contribution in [0.3, 0.4) is 0 Å². The third-order valence-electron chi connectivity index (χ3n) is 3.84. The van der Waals surface area contributed by atoms with Crippen LogP contribution < -0.4 is 0 Å². The number of rotatable bonds is 4. The molecule has 21 heavy (non-hydrogen) atoms. The molecule has 1 fully saturated rings. The maximum absolute atomic E-state index is 12.3. The average Bonchev–Trinajstić information content (AvgIpc) is 2.53. The Hall–Kier alpha value is -1.86. The number of morpholine rings is 1. The molecule has 0 bridgehead atoms. The van der Waals surface area contributed by atoms with Crippen LogP contribution in [0.25, 0.3) is 0 Å². The van der Waals surface area contributed by atoms with Gasteiger partial charge in [0.25, 0.3) is 0 Å². The standard InChI is InChI=1S/C17H22N2O2/c1-17(2,13-18)16(20)19-10-11-21-15(12-19)9-8-14-6-4-3-5-7-14/h3-7,15H,8-12H2,1-2H3. The summed E-state index contributed by atoms with van der Waals surface area (Å²) in [6.45, 7) is 5.04. The number of nitriles is 1. The lowest BCUT2D eigenvalue weighted by atomic mass is 9.93. The summed E-state index contributed by atoms with van der Waals surface area (Å²) in [5, 5.41) is 9.08. The van der Waals surface area contributed by atoms with Crippen LogP contribution in [0.15, 0.2) is 30.3 Å². The fraction of sp³-hybridized carbons (Fsp3) is 0.529. The molecule has 112 valence electrons. The largest absolute Gasteiger partial charge is 0.375 e. The van der Waals surface area contributed by atoms with E-state index < -0.39 is 5.41 Å². The van der Waals surface area contributed by atoms with Gasteiger partial charge < -0.3 is 9.64 Å². The molecule has 2 rings (SSSR count). The molecule has 1 aromatic rings. The molecule has 0 saturated carbocycles. The highest BCUT2D eigenvalue weighted by molar-refractivity contribution is 5.84. The maximum atomic E-state index is 12.3. The van der Waals surface area contributed by atoms with Gasteiger partial charge in [-0.05, 0) is 32.3 Å². The second kappa shape index (κ2) is 6.73. The second-order valence-electron chi connectivity index (χ2n) is 6.01. The number of ether oxygens (including phenoxy) is 1. The van der Waals surface area contributed by atoms with E-state index in [2.05, 4.69) is 18.2 Å². The van der Waals surface area contributed by atoms with Gasteiger partial charge in [0.1, 0.15) is 5.41 Å². The minimum Gasteiger partial charge on any atom is -0.375 e. The Labute approximate surface area is 126 Å². The Balaban J connectivity index is 1.89. The zero-order valence-corrected chi connectivity index (χ0v) is 12.7. The van der Waals surface area contributed by atoms with Crippen LogP contribution in [-0.2, 0) is 16.0 Å². The molecular weight excluding hydrogens is 264 g/mol. The van der Waals surface area contributed by atoms with Gasteiger partial charge in [0.15, 0.2) is 0 Å². The first-order valence-electron chi connectivity index (χ1n) is 7.39. The molecule has 1 atom stereocenters. The van der Waals surface area contributed by atoms with Gasteiger partial charge in [-0.2, -0.15) is 5.26 Å². The van der Waals surface area contributed by atoms with E-state index in [0.29, 0.717) is 19.7 Å². The summed E-state index contributed by atoms with van der Waals surface area (Å²) in [5.41, 5.74) is 0.323. The molecule has 1 saturated heterocycles. The predicted octanol–water partition coefficient (Wildman–Crippen LogP) is 2.40. The van der Waals surface area contributed by atoms with Gasteiger partial charge in [0, 0.05) is 13.1 Å². The Morgan fingerprint density at radius 1 is 1.43 bits per heavy atom. The molecule has 4 nitrogen and oxygen atoms in total. The summed E-state index contributed by atoms with van der Waals surface area (Å²) in [6, 6.07) is 12.3.